The minimum Gasteiger partial charge on any atom is -0.346 e. The standard InChI is InChI=1S/C14H17F3N2O/c1-10(13(20)18-9-14(15,16)17)19-7-6-11-4-2-3-5-12(11)8-19/h2-5,10H,6-9H2,1H3,(H,18,20)/t10-/m0/s1. The highest BCUT2D eigenvalue weighted by Crippen LogP contribution is 2.20. The van der Waals surface area contributed by atoms with Crippen LogP contribution < -0.4 is 5.32 Å². The lowest BCUT2D eigenvalue weighted by atomic mass is 9.99. The second kappa shape index (κ2) is 5.83. The van der Waals surface area contributed by atoms with Crippen LogP contribution in [0.15, 0.2) is 24.3 Å². The summed E-state index contributed by atoms with van der Waals surface area (Å²) in [6, 6.07) is 7.36. The van der Waals surface area contributed by atoms with Gasteiger partial charge in [0.1, 0.15) is 6.54 Å². The summed E-state index contributed by atoms with van der Waals surface area (Å²) < 4.78 is 36.3. The second-order valence-electron chi connectivity index (χ2n) is 5.00. The van der Waals surface area contributed by atoms with Crippen LogP contribution in [0.25, 0.3) is 0 Å². The summed E-state index contributed by atoms with van der Waals surface area (Å²) in [5, 5.41) is 1.94. The molecule has 0 unspecified atom stereocenters. The zero-order chi connectivity index (χ0) is 14.8. The van der Waals surface area contributed by atoms with E-state index in [1.165, 1.54) is 5.56 Å². The van der Waals surface area contributed by atoms with Gasteiger partial charge in [-0.3, -0.25) is 9.69 Å². The Morgan fingerprint density at radius 1 is 1.35 bits per heavy atom. The number of carbonyl (C=O) groups excluding carboxylic acids is 1. The molecule has 0 saturated carbocycles. The van der Waals surface area contributed by atoms with Gasteiger partial charge in [-0.15, -0.1) is 0 Å². The molecule has 0 saturated heterocycles. The van der Waals surface area contributed by atoms with Gasteiger partial charge in [0.25, 0.3) is 0 Å². The summed E-state index contributed by atoms with van der Waals surface area (Å²) in [4.78, 5) is 13.6. The fourth-order valence-corrected chi connectivity index (χ4v) is 2.35. The summed E-state index contributed by atoms with van der Waals surface area (Å²) in [5.74, 6) is -0.582. The maximum atomic E-state index is 12.1. The molecule has 1 aromatic carbocycles. The third-order valence-electron chi connectivity index (χ3n) is 3.55. The Kier molecular flexibility index (Phi) is 4.32. The molecule has 0 fully saturated rings. The van der Waals surface area contributed by atoms with E-state index in [9.17, 15) is 18.0 Å². The maximum absolute atomic E-state index is 12.1. The molecule has 1 aliphatic rings. The normalized spacial score (nSPS) is 17.4. The van der Waals surface area contributed by atoms with Crippen molar-refractivity contribution in [3.8, 4) is 0 Å². The first kappa shape index (κ1) is 14.8. The van der Waals surface area contributed by atoms with Crippen LogP contribution in [0.2, 0.25) is 0 Å². The molecule has 1 N–H and O–H groups in total. The van der Waals surface area contributed by atoms with Crippen molar-refractivity contribution in [1.82, 2.24) is 10.2 Å². The van der Waals surface area contributed by atoms with E-state index in [0.717, 1.165) is 12.0 Å². The van der Waals surface area contributed by atoms with Crippen molar-refractivity contribution in [1.29, 1.82) is 0 Å². The average molecular weight is 286 g/mol. The number of fused-ring (bicyclic) bond motifs is 1. The molecular weight excluding hydrogens is 269 g/mol. The molecule has 110 valence electrons. The first-order chi connectivity index (χ1) is 9.37. The third-order valence-corrected chi connectivity index (χ3v) is 3.55. The highest BCUT2D eigenvalue weighted by atomic mass is 19.4. The van der Waals surface area contributed by atoms with Crippen LogP contribution in [0.3, 0.4) is 0 Å². The highest BCUT2D eigenvalue weighted by Gasteiger charge is 2.30. The quantitative estimate of drug-likeness (QED) is 0.923. The van der Waals surface area contributed by atoms with Gasteiger partial charge in [0.2, 0.25) is 5.91 Å². The van der Waals surface area contributed by atoms with E-state index in [4.69, 9.17) is 0 Å². The van der Waals surface area contributed by atoms with Crippen LogP contribution in [0.1, 0.15) is 18.1 Å². The number of alkyl halides is 3. The number of nitrogens with one attached hydrogen (secondary N) is 1. The molecule has 0 radical (unpaired) electrons. The van der Waals surface area contributed by atoms with Gasteiger partial charge >= 0.3 is 6.18 Å². The van der Waals surface area contributed by atoms with Crippen molar-refractivity contribution >= 4 is 5.91 Å². The number of hydrogen-bond acceptors (Lipinski definition) is 2. The van der Waals surface area contributed by atoms with Crippen molar-refractivity contribution in [2.45, 2.75) is 32.1 Å². The van der Waals surface area contributed by atoms with Crippen LogP contribution in [-0.4, -0.2) is 36.1 Å². The van der Waals surface area contributed by atoms with Gasteiger partial charge in [-0.05, 0) is 24.5 Å². The number of nitrogens with zero attached hydrogens (tertiary/aromatic N) is 1. The summed E-state index contributed by atoms with van der Waals surface area (Å²) in [7, 11) is 0. The fourth-order valence-electron chi connectivity index (χ4n) is 2.35. The van der Waals surface area contributed by atoms with E-state index in [-0.39, 0.29) is 0 Å². The lowest BCUT2D eigenvalue weighted by Crippen LogP contribution is -2.48. The Morgan fingerprint density at radius 2 is 2.00 bits per heavy atom. The van der Waals surface area contributed by atoms with Crippen LogP contribution in [0, 0.1) is 0 Å². The maximum Gasteiger partial charge on any atom is 0.405 e. The van der Waals surface area contributed by atoms with Crippen LogP contribution in [0.5, 0.6) is 0 Å². The Hall–Kier alpha value is -1.56. The summed E-state index contributed by atoms with van der Waals surface area (Å²) in [6.45, 7) is 1.63. The van der Waals surface area contributed by atoms with Crippen molar-refractivity contribution < 1.29 is 18.0 Å². The lowest BCUT2D eigenvalue weighted by Gasteiger charge is -2.32. The predicted octanol–water partition coefficient (Wildman–Crippen LogP) is 2.11. The van der Waals surface area contributed by atoms with Crippen LogP contribution in [0.4, 0.5) is 13.2 Å². The molecule has 1 heterocycles. The number of hydrogen-bond donors (Lipinski definition) is 1. The molecule has 20 heavy (non-hydrogen) atoms. The van der Waals surface area contributed by atoms with Crippen molar-refractivity contribution in [3.05, 3.63) is 35.4 Å². The number of rotatable bonds is 3. The SMILES string of the molecule is C[C@@H](C(=O)NCC(F)(F)F)N1CCc2ccccc2C1. The molecular formula is C14H17F3N2O. The van der Waals surface area contributed by atoms with E-state index >= 15 is 0 Å². The summed E-state index contributed by atoms with van der Waals surface area (Å²) in [6.07, 6.45) is -3.56. The molecule has 1 atom stereocenters. The fraction of sp³-hybridized carbons (Fsp3) is 0.500. The molecule has 0 bridgehead atoms. The number of amides is 1. The minimum atomic E-state index is -4.37. The van der Waals surface area contributed by atoms with Crippen molar-refractivity contribution in [3.63, 3.8) is 0 Å². The second-order valence-corrected chi connectivity index (χ2v) is 5.00. The van der Waals surface area contributed by atoms with Gasteiger partial charge in [-0.2, -0.15) is 13.2 Å². The molecule has 0 spiro atoms. The molecule has 1 amide bonds. The predicted molar refractivity (Wildman–Crippen MR) is 69.1 cm³/mol. The van der Waals surface area contributed by atoms with E-state index in [2.05, 4.69) is 0 Å². The van der Waals surface area contributed by atoms with Crippen LogP contribution >= 0.6 is 0 Å². The van der Waals surface area contributed by atoms with E-state index in [1.54, 1.807) is 6.92 Å². The van der Waals surface area contributed by atoms with E-state index < -0.39 is 24.7 Å². The smallest absolute Gasteiger partial charge is 0.346 e. The lowest BCUT2D eigenvalue weighted by molar-refractivity contribution is -0.141. The van der Waals surface area contributed by atoms with Crippen LogP contribution in [-0.2, 0) is 17.8 Å². The van der Waals surface area contributed by atoms with Gasteiger partial charge in [-0.1, -0.05) is 24.3 Å². The number of halogens is 3. The van der Waals surface area contributed by atoms with Gasteiger partial charge in [-0.25, -0.2) is 0 Å². The topological polar surface area (TPSA) is 32.3 Å². The van der Waals surface area contributed by atoms with Gasteiger partial charge < -0.3 is 5.32 Å². The number of benzene rings is 1. The van der Waals surface area contributed by atoms with Gasteiger partial charge in [0.05, 0.1) is 6.04 Å². The third kappa shape index (κ3) is 3.72. The molecule has 2 rings (SSSR count). The van der Waals surface area contributed by atoms with E-state index in [1.807, 2.05) is 34.5 Å². The van der Waals surface area contributed by atoms with Crippen molar-refractivity contribution in [2.24, 2.45) is 0 Å². The highest BCUT2D eigenvalue weighted by molar-refractivity contribution is 5.81. The largest absolute Gasteiger partial charge is 0.405 e. The molecule has 6 heteroatoms. The van der Waals surface area contributed by atoms with Gasteiger partial charge in [0, 0.05) is 13.1 Å². The Labute approximate surface area is 115 Å². The molecule has 1 aliphatic heterocycles. The zero-order valence-corrected chi connectivity index (χ0v) is 11.2. The summed E-state index contributed by atoms with van der Waals surface area (Å²) in [5.41, 5.74) is 2.38. The number of carbonyl (C=O) groups is 1. The Morgan fingerprint density at radius 3 is 2.65 bits per heavy atom. The molecule has 3 nitrogen and oxygen atoms in total. The molecule has 0 aliphatic carbocycles. The Balaban J connectivity index is 1.94. The first-order valence-electron chi connectivity index (χ1n) is 6.52. The minimum absolute atomic E-state index is 0.564. The van der Waals surface area contributed by atoms with Gasteiger partial charge in [0.15, 0.2) is 0 Å². The summed E-state index contributed by atoms with van der Waals surface area (Å²) >= 11 is 0. The first-order valence-corrected chi connectivity index (χ1v) is 6.52. The molecule has 0 aromatic heterocycles. The zero-order valence-electron chi connectivity index (χ0n) is 11.2. The van der Waals surface area contributed by atoms with E-state index in [0.29, 0.717) is 13.1 Å². The average Bonchev–Trinajstić information content (AvgIpc) is 2.42. The Bertz CT molecular complexity index is 488. The monoisotopic (exact) mass is 286 g/mol. The molecule has 1 aromatic rings. The van der Waals surface area contributed by atoms with Crippen molar-refractivity contribution in [2.75, 3.05) is 13.1 Å².